The first-order valence-corrected chi connectivity index (χ1v) is 4.82. The lowest BCUT2D eigenvalue weighted by Gasteiger charge is -1.96. The summed E-state index contributed by atoms with van der Waals surface area (Å²) in [4.78, 5) is 4.03. The van der Waals surface area contributed by atoms with Crippen molar-refractivity contribution in [1.29, 1.82) is 0 Å². The number of benzene rings is 1. The van der Waals surface area contributed by atoms with Crippen LogP contribution in [0.25, 0.3) is 10.9 Å². The molecule has 0 bridgehead atoms. The third kappa shape index (κ3) is 3.57. The highest BCUT2D eigenvalue weighted by molar-refractivity contribution is 6.68. The highest BCUT2D eigenvalue weighted by Crippen LogP contribution is 2.20. The number of nitrogens with zero attached hydrogens (tertiary/aromatic N) is 1. The molecule has 2 rings (SSSR count). The molecule has 0 saturated carbocycles. The molecule has 3 nitrogen and oxygen atoms in total. The second-order valence-electron chi connectivity index (χ2n) is 3.09. The normalized spacial score (nSPS) is 8.41. The van der Waals surface area contributed by atoms with Crippen LogP contribution in [0.4, 0.5) is 0 Å². The molecule has 17 heavy (non-hydrogen) atoms. The molecule has 0 aliphatic carbocycles. The molecule has 0 amide bonds. The Balaban J connectivity index is 0.000000209. The molecule has 1 heterocycles. The van der Waals surface area contributed by atoms with E-state index in [1.807, 2.05) is 29.8 Å². The highest BCUT2D eigenvalue weighted by atomic mass is 16.3. The van der Waals surface area contributed by atoms with E-state index in [1.54, 1.807) is 18.3 Å². The lowest BCUT2D eigenvalue weighted by atomic mass is 9.72. The Bertz CT molecular complexity index is 564. The lowest BCUT2D eigenvalue weighted by Crippen LogP contribution is -2.03. The van der Waals surface area contributed by atoms with Gasteiger partial charge in [-0.1, -0.05) is 18.2 Å². The Hall–Kier alpha value is -2.43. The van der Waals surface area contributed by atoms with Crippen LogP contribution < -0.4 is 0 Å². The molecule has 82 valence electrons. The van der Waals surface area contributed by atoms with Gasteiger partial charge in [0.05, 0.1) is 0 Å². The van der Waals surface area contributed by atoms with Crippen molar-refractivity contribution in [2.75, 3.05) is 0 Å². The van der Waals surface area contributed by atoms with Crippen LogP contribution in [-0.2, 0) is 0 Å². The van der Waals surface area contributed by atoms with Gasteiger partial charge >= 0.3 is 6.92 Å². The monoisotopic (exact) mass is 223 g/mol. The van der Waals surface area contributed by atoms with E-state index < -0.39 is 6.92 Å². The van der Waals surface area contributed by atoms with Gasteiger partial charge in [-0.15, -0.1) is 24.5 Å². The van der Waals surface area contributed by atoms with E-state index in [1.165, 1.54) is 0 Å². The molecule has 4 heteroatoms. The van der Waals surface area contributed by atoms with Gasteiger partial charge < -0.3 is 10.1 Å². The smallest absolute Gasteiger partial charge is 0.465 e. The van der Waals surface area contributed by atoms with Crippen molar-refractivity contribution in [3.63, 3.8) is 0 Å². The average molecular weight is 223 g/mol. The first kappa shape index (κ1) is 12.6. The summed E-state index contributed by atoms with van der Waals surface area (Å²) in [5.41, 5.74) is 0.662. The molecule has 2 aromatic rings. The van der Waals surface area contributed by atoms with Crippen molar-refractivity contribution in [3.05, 3.63) is 36.5 Å². The Morgan fingerprint density at radius 1 is 1.12 bits per heavy atom. The maximum atomic E-state index is 9.31. The molecule has 0 saturated heterocycles. The Kier molecular flexibility index (Phi) is 4.63. The number of rotatable bonds is 0. The minimum Gasteiger partial charge on any atom is -0.506 e. The molecule has 0 aliphatic heterocycles. The maximum absolute atomic E-state index is 9.31. The van der Waals surface area contributed by atoms with E-state index in [0.29, 0.717) is 5.52 Å². The molecule has 1 aromatic carbocycles. The summed E-state index contributed by atoms with van der Waals surface area (Å²) in [6.45, 7) is -1.01. The van der Waals surface area contributed by atoms with Gasteiger partial charge in [-0.2, -0.15) is 0 Å². The van der Waals surface area contributed by atoms with Crippen LogP contribution in [0.5, 0.6) is 5.75 Å². The number of para-hydroxylation sites is 1. The largest absolute Gasteiger partial charge is 0.506 e. The van der Waals surface area contributed by atoms with Crippen LogP contribution in [0.1, 0.15) is 0 Å². The second kappa shape index (κ2) is 6.22. The number of aromatic hydroxyl groups is 1. The van der Waals surface area contributed by atoms with Crippen molar-refractivity contribution in [1.82, 2.24) is 4.98 Å². The molecule has 0 atom stereocenters. The fraction of sp³-hybridized carbons (Fsp3) is 0. The summed E-state index contributed by atoms with van der Waals surface area (Å²) in [7, 11) is 0. The third-order valence-corrected chi connectivity index (χ3v) is 1.93. The van der Waals surface area contributed by atoms with Crippen LogP contribution >= 0.6 is 0 Å². The first-order chi connectivity index (χ1) is 8.19. The van der Waals surface area contributed by atoms with Crippen molar-refractivity contribution in [2.45, 2.75) is 0 Å². The number of hydrogen-bond donors (Lipinski definition) is 2. The summed E-state index contributed by atoms with van der Waals surface area (Å²) >= 11 is 0. The second-order valence-corrected chi connectivity index (χ2v) is 3.09. The number of phenols is 1. The Morgan fingerprint density at radius 3 is 2.29 bits per heavy atom. The molecule has 0 aliphatic rings. The van der Waals surface area contributed by atoms with Gasteiger partial charge in [0.1, 0.15) is 11.3 Å². The summed E-state index contributed by atoms with van der Waals surface area (Å²) < 4.78 is 0. The van der Waals surface area contributed by atoms with Crippen molar-refractivity contribution in [3.8, 4) is 30.2 Å². The molecule has 0 fully saturated rings. The summed E-state index contributed by atoms with van der Waals surface area (Å²) in [5, 5.41) is 18.5. The average Bonchev–Trinajstić information content (AvgIpc) is 2.39. The number of terminal acetylenes is 2. The number of fused-ring (bicyclic) bond motifs is 1. The molecule has 2 N–H and O–H groups in total. The van der Waals surface area contributed by atoms with Crippen molar-refractivity contribution < 1.29 is 10.1 Å². The zero-order valence-corrected chi connectivity index (χ0v) is 9.04. The van der Waals surface area contributed by atoms with Crippen LogP contribution in [0.15, 0.2) is 36.5 Å². The molecule has 1 aromatic heterocycles. The molecule has 0 unspecified atom stereocenters. The molecular formula is C13H10BNO2. The van der Waals surface area contributed by atoms with E-state index in [-0.39, 0.29) is 5.75 Å². The van der Waals surface area contributed by atoms with Gasteiger partial charge in [0.25, 0.3) is 0 Å². The van der Waals surface area contributed by atoms with Gasteiger partial charge in [-0.3, -0.25) is 4.98 Å². The van der Waals surface area contributed by atoms with Gasteiger partial charge in [0.15, 0.2) is 0 Å². The Labute approximate surface area is 100 Å². The van der Waals surface area contributed by atoms with Crippen molar-refractivity contribution in [2.24, 2.45) is 0 Å². The van der Waals surface area contributed by atoms with Crippen LogP contribution in [0.3, 0.4) is 0 Å². The van der Waals surface area contributed by atoms with Crippen LogP contribution in [0, 0.1) is 24.5 Å². The third-order valence-electron chi connectivity index (χ3n) is 1.93. The van der Waals surface area contributed by atoms with Gasteiger partial charge in [0, 0.05) is 11.6 Å². The predicted molar refractivity (Wildman–Crippen MR) is 69.0 cm³/mol. The zero-order chi connectivity index (χ0) is 12.7. The van der Waals surface area contributed by atoms with E-state index in [9.17, 15) is 5.11 Å². The molecule has 0 spiro atoms. The van der Waals surface area contributed by atoms with E-state index >= 15 is 0 Å². The molecule has 0 radical (unpaired) electrons. The number of hydrogen-bond acceptors (Lipinski definition) is 3. The molecular weight excluding hydrogens is 213 g/mol. The van der Waals surface area contributed by atoms with E-state index in [0.717, 1.165) is 5.39 Å². The number of aromatic nitrogens is 1. The van der Waals surface area contributed by atoms with Gasteiger partial charge in [0.2, 0.25) is 0 Å². The van der Waals surface area contributed by atoms with Gasteiger partial charge in [-0.05, 0) is 12.1 Å². The number of pyridine rings is 1. The quantitative estimate of drug-likeness (QED) is 0.522. The fourth-order valence-electron chi connectivity index (χ4n) is 1.14. The summed E-state index contributed by atoms with van der Waals surface area (Å²) in [6.07, 6.45) is 10.9. The summed E-state index contributed by atoms with van der Waals surface area (Å²) in [5.74, 6) is 4.11. The summed E-state index contributed by atoms with van der Waals surface area (Å²) in [6, 6.07) is 9.13. The Morgan fingerprint density at radius 2 is 1.76 bits per heavy atom. The lowest BCUT2D eigenvalue weighted by molar-refractivity contribution is 0.480. The topological polar surface area (TPSA) is 53.4 Å². The SMILES string of the molecule is C#CB(O)C#C.Oc1cccc2cccnc12. The van der Waals surface area contributed by atoms with Crippen LogP contribution in [-0.4, -0.2) is 22.0 Å². The van der Waals surface area contributed by atoms with Gasteiger partial charge in [-0.25, -0.2) is 0 Å². The standard InChI is InChI=1S/C9H7NO.C4H3BO/c11-8-5-1-3-7-4-2-6-10-9(7)8;1-3-5(6)4-2/h1-6,11H;1-2,6H. The predicted octanol–water partition coefficient (Wildman–Crippen LogP) is 1.26. The minimum atomic E-state index is -1.01. The minimum absolute atomic E-state index is 0.239. The fourth-order valence-corrected chi connectivity index (χ4v) is 1.14. The first-order valence-electron chi connectivity index (χ1n) is 4.82. The maximum Gasteiger partial charge on any atom is 0.465 e. The highest BCUT2D eigenvalue weighted by Gasteiger charge is 1.96. The number of phenolic OH excluding ortho intramolecular Hbond substituents is 1. The van der Waals surface area contributed by atoms with E-state index in [4.69, 9.17) is 5.02 Å². The van der Waals surface area contributed by atoms with E-state index in [2.05, 4.69) is 17.8 Å². The zero-order valence-electron chi connectivity index (χ0n) is 9.04. The van der Waals surface area contributed by atoms with Crippen LogP contribution in [0.2, 0.25) is 0 Å². The van der Waals surface area contributed by atoms with Crippen molar-refractivity contribution >= 4 is 17.8 Å².